The monoisotopic (exact) mass is 343 g/mol. The maximum Gasteiger partial charge on any atom is 0.242 e. The number of benzene rings is 1. The SMILES string of the molecule is CN(C)S(=O)(=O)c1ccc(SCCS(=O)(=O)Cl)cc1. The Hall–Kier alpha value is -0.280. The molecule has 0 radical (unpaired) electrons. The molecule has 0 atom stereocenters. The second-order valence-corrected chi connectivity index (χ2v) is 10.1. The molecule has 0 heterocycles. The van der Waals surface area contributed by atoms with Gasteiger partial charge in [0, 0.05) is 35.4 Å². The lowest BCUT2D eigenvalue weighted by Crippen LogP contribution is -2.22. The first-order valence-electron chi connectivity index (χ1n) is 5.20. The van der Waals surface area contributed by atoms with E-state index in [1.165, 1.54) is 38.0 Å². The quantitative estimate of drug-likeness (QED) is 0.579. The Bertz CT molecular complexity index is 623. The topological polar surface area (TPSA) is 71.5 Å². The molecule has 0 spiro atoms. The van der Waals surface area contributed by atoms with Crippen molar-refractivity contribution in [1.82, 2.24) is 4.31 Å². The predicted molar refractivity (Wildman–Crippen MR) is 77.7 cm³/mol. The number of sulfonamides is 1. The van der Waals surface area contributed by atoms with Crippen LogP contribution in [-0.2, 0) is 19.1 Å². The summed E-state index contributed by atoms with van der Waals surface area (Å²) < 4.78 is 46.3. The summed E-state index contributed by atoms with van der Waals surface area (Å²) in [5.74, 6) is 0.197. The van der Waals surface area contributed by atoms with Crippen molar-refractivity contribution in [2.75, 3.05) is 25.6 Å². The molecule has 0 amide bonds. The molecule has 1 rings (SSSR count). The Balaban J connectivity index is 2.73. The van der Waals surface area contributed by atoms with Crippen LogP contribution >= 0.6 is 22.4 Å². The minimum atomic E-state index is -3.49. The Morgan fingerprint density at radius 1 is 1.11 bits per heavy atom. The number of hydrogen-bond donors (Lipinski definition) is 0. The van der Waals surface area contributed by atoms with Gasteiger partial charge in [-0.25, -0.2) is 21.1 Å². The zero-order chi connectivity index (χ0) is 14.7. The minimum absolute atomic E-state index is 0.128. The molecular formula is C10H14ClNO4S3. The molecule has 0 aliphatic heterocycles. The van der Waals surface area contributed by atoms with Crippen molar-refractivity contribution >= 4 is 41.5 Å². The van der Waals surface area contributed by atoms with Gasteiger partial charge in [0.15, 0.2) is 0 Å². The van der Waals surface area contributed by atoms with Gasteiger partial charge in [0.1, 0.15) is 0 Å². The largest absolute Gasteiger partial charge is 0.242 e. The lowest BCUT2D eigenvalue weighted by atomic mass is 10.4. The van der Waals surface area contributed by atoms with Crippen molar-refractivity contribution in [3.8, 4) is 0 Å². The van der Waals surface area contributed by atoms with Gasteiger partial charge in [0.05, 0.1) is 10.6 Å². The van der Waals surface area contributed by atoms with Crippen LogP contribution in [0.4, 0.5) is 0 Å². The fourth-order valence-electron chi connectivity index (χ4n) is 1.18. The molecule has 1 aromatic carbocycles. The molecule has 0 aliphatic rings. The van der Waals surface area contributed by atoms with Crippen LogP contribution in [0.15, 0.2) is 34.1 Å². The highest BCUT2D eigenvalue weighted by molar-refractivity contribution is 8.14. The van der Waals surface area contributed by atoms with Crippen molar-refractivity contribution in [2.45, 2.75) is 9.79 Å². The highest BCUT2D eigenvalue weighted by Gasteiger charge is 2.16. The summed E-state index contributed by atoms with van der Waals surface area (Å²) in [6.45, 7) is 0. The van der Waals surface area contributed by atoms with Crippen LogP contribution in [0.1, 0.15) is 0 Å². The summed E-state index contributed by atoms with van der Waals surface area (Å²) in [4.78, 5) is 0.991. The van der Waals surface area contributed by atoms with Crippen LogP contribution < -0.4 is 0 Å². The Kier molecular flexibility index (Phi) is 5.69. The molecule has 108 valence electrons. The van der Waals surface area contributed by atoms with Crippen molar-refractivity contribution in [3.63, 3.8) is 0 Å². The third-order valence-corrected chi connectivity index (χ3v) is 6.45. The molecule has 1 aromatic rings. The molecule has 5 nitrogen and oxygen atoms in total. The zero-order valence-corrected chi connectivity index (χ0v) is 13.6. The average molecular weight is 344 g/mol. The third-order valence-electron chi connectivity index (χ3n) is 2.20. The summed E-state index contributed by atoms with van der Waals surface area (Å²) in [6.07, 6.45) is 0. The summed E-state index contributed by atoms with van der Waals surface area (Å²) in [7, 11) is 1.10. The van der Waals surface area contributed by atoms with Crippen molar-refractivity contribution in [2.24, 2.45) is 0 Å². The van der Waals surface area contributed by atoms with Crippen LogP contribution in [0.3, 0.4) is 0 Å². The van der Waals surface area contributed by atoms with Gasteiger partial charge in [-0.2, -0.15) is 0 Å². The first kappa shape index (κ1) is 16.8. The van der Waals surface area contributed by atoms with Crippen molar-refractivity contribution < 1.29 is 16.8 Å². The molecule has 9 heteroatoms. The number of hydrogen-bond acceptors (Lipinski definition) is 5. The van der Waals surface area contributed by atoms with Crippen LogP contribution in [0, 0.1) is 0 Å². The third kappa shape index (κ3) is 5.31. The number of rotatable bonds is 6. The molecular weight excluding hydrogens is 330 g/mol. The molecule has 0 aromatic heterocycles. The lowest BCUT2D eigenvalue weighted by molar-refractivity contribution is 0.520. The first-order chi connectivity index (χ1) is 8.63. The van der Waals surface area contributed by atoms with E-state index in [1.807, 2.05) is 0 Å². The molecule has 0 aliphatic carbocycles. The van der Waals surface area contributed by atoms with E-state index in [0.29, 0.717) is 5.75 Å². The van der Waals surface area contributed by atoms with Crippen molar-refractivity contribution in [3.05, 3.63) is 24.3 Å². The molecule has 0 bridgehead atoms. The van der Waals surface area contributed by atoms with Gasteiger partial charge >= 0.3 is 0 Å². The number of thioether (sulfide) groups is 1. The molecule has 0 N–H and O–H groups in total. The van der Waals surface area contributed by atoms with E-state index in [-0.39, 0.29) is 10.6 Å². The fraction of sp³-hybridized carbons (Fsp3) is 0.400. The second-order valence-electron chi connectivity index (χ2n) is 3.85. The van der Waals surface area contributed by atoms with Gasteiger partial charge in [-0.3, -0.25) is 0 Å². The van der Waals surface area contributed by atoms with Crippen LogP contribution in [0.5, 0.6) is 0 Å². The van der Waals surface area contributed by atoms with Crippen LogP contribution in [0.2, 0.25) is 0 Å². The summed E-state index contributed by atoms with van der Waals surface area (Å²) in [6, 6.07) is 6.27. The van der Waals surface area contributed by atoms with Gasteiger partial charge in [-0.1, -0.05) is 0 Å². The van der Waals surface area contributed by atoms with E-state index in [4.69, 9.17) is 10.7 Å². The van der Waals surface area contributed by atoms with Crippen LogP contribution in [-0.4, -0.2) is 46.7 Å². The van der Waals surface area contributed by atoms with Crippen molar-refractivity contribution in [1.29, 1.82) is 0 Å². The van der Waals surface area contributed by atoms with Gasteiger partial charge in [-0.05, 0) is 24.3 Å². The second kappa shape index (κ2) is 6.45. The summed E-state index contributed by atoms with van der Waals surface area (Å²) in [5.41, 5.74) is 0. The zero-order valence-electron chi connectivity index (χ0n) is 10.4. The molecule has 0 saturated carbocycles. The summed E-state index contributed by atoms with van der Waals surface area (Å²) in [5, 5.41) is 0. The lowest BCUT2D eigenvalue weighted by Gasteiger charge is -2.11. The highest BCUT2D eigenvalue weighted by atomic mass is 35.7. The first-order valence-corrected chi connectivity index (χ1v) is 10.1. The highest BCUT2D eigenvalue weighted by Crippen LogP contribution is 2.21. The molecule has 19 heavy (non-hydrogen) atoms. The van der Waals surface area contributed by atoms with Gasteiger partial charge in [0.2, 0.25) is 19.1 Å². The van der Waals surface area contributed by atoms with Crippen LogP contribution in [0.25, 0.3) is 0 Å². The van der Waals surface area contributed by atoms with E-state index in [2.05, 4.69) is 0 Å². The summed E-state index contributed by atoms with van der Waals surface area (Å²) >= 11 is 1.30. The Morgan fingerprint density at radius 3 is 2.05 bits per heavy atom. The number of nitrogens with zero attached hydrogens (tertiary/aromatic N) is 1. The smallest absolute Gasteiger partial charge is 0.212 e. The molecule has 0 fully saturated rings. The van der Waals surface area contributed by atoms with Gasteiger partial charge < -0.3 is 0 Å². The van der Waals surface area contributed by atoms with Gasteiger partial charge in [0.25, 0.3) is 0 Å². The van der Waals surface area contributed by atoms with E-state index in [9.17, 15) is 16.8 Å². The Morgan fingerprint density at radius 2 is 1.63 bits per heavy atom. The predicted octanol–water partition coefficient (Wildman–Crippen LogP) is 1.60. The minimum Gasteiger partial charge on any atom is -0.212 e. The average Bonchev–Trinajstić information content (AvgIpc) is 2.27. The maximum atomic E-state index is 11.8. The molecule has 0 saturated heterocycles. The fourth-order valence-corrected chi connectivity index (χ4v) is 4.34. The standard InChI is InChI=1S/C10H14ClNO4S3/c1-12(2)19(15,16)10-5-3-9(4-6-10)17-7-8-18(11,13)14/h3-6H,7-8H2,1-2H3. The normalized spacial score (nSPS) is 12.8. The maximum absolute atomic E-state index is 11.8. The number of halogens is 1. The Labute approximate surface area is 122 Å². The van der Waals surface area contributed by atoms with E-state index >= 15 is 0 Å². The molecule has 0 unspecified atom stereocenters. The van der Waals surface area contributed by atoms with E-state index in [0.717, 1.165) is 9.20 Å². The van der Waals surface area contributed by atoms with Gasteiger partial charge in [-0.15, -0.1) is 11.8 Å². The van der Waals surface area contributed by atoms with E-state index in [1.54, 1.807) is 12.1 Å². The van der Waals surface area contributed by atoms with E-state index < -0.39 is 19.1 Å².